The van der Waals surface area contributed by atoms with E-state index in [1.54, 1.807) is 25.1 Å². The molecule has 2 N–H and O–H groups in total. The number of fused-ring (bicyclic) bond motifs is 1. The number of amides is 3. The van der Waals surface area contributed by atoms with Gasteiger partial charge >= 0.3 is 5.97 Å². The summed E-state index contributed by atoms with van der Waals surface area (Å²) in [7, 11) is 0. The summed E-state index contributed by atoms with van der Waals surface area (Å²) in [5.74, 6) is -2.55. The zero-order valence-corrected chi connectivity index (χ0v) is 13.3. The van der Waals surface area contributed by atoms with E-state index < -0.39 is 30.3 Å². The lowest BCUT2D eigenvalue weighted by atomic mass is 10.1. The number of para-hydroxylation sites is 1. The maximum atomic E-state index is 12.7. The topological polar surface area (TPSA) is 107 Å². The highest BCUT2D eigenvalue weighted by atomic mass is 16.5. The van der Waals surface area contributed by atoms with Gasteiger partial charge in [0.1, 0.15) is 0 Å². The van der Waals surface area contributed by atoms with Gasteiger partial charge in [-0.3, -0.25) is 14.4 Å². The van der Waals surface area contributed by atoms with Gasteiger partial charge in [-0.15, -0.1) is 0 Å². The SMILES string of the molecule is Cc1ccccc1N1C(=O)c2ccc(C(=O)OCC(N)=O)cc2C1=O. The van der Waals surface area contributed by atoms with Crippen LogP contribution in [0.3, 0.4) is 0 Å². The Morgan fingerprint density at radius 2 is 1.72 bits per heavy atom. The van der Waals surface area contributed by atoms with Crippen LogP contribution in [0, 0.1) is 6.92 Å². The number of primary amides is 1. The number of nitrogens with zero attached hydrogens (tertiary/aromatic N) is 1. The average Bonchev–Trinajstić information content (AvgIpc) is 2.84. The number of imide groups is 1. The van der Waals surface area contributed by atoms with Crippen LogP contribution >= 0.6 is 0 Å². The summed E-state index contributed by atoms with van der Waals surface area (Å²) < 4.78 is 4.72. The van der Waals surface area contributed by atoms with Gasteiger partial charge in [-0.05, 0) is 36.8 Å². The molecule has 126 valence electrons. The molecule has 3 rings (SSSR count). The van der Waals surface area contributed by atoms with Gasteiger partial charge < -0.3 is 10.5 Å². The number of nitrogens with two attached hydrogens (primary N) is 1. The van der Waals surface area contributed by atoms with Crippen molar-refractivity contribution in [2.24, 2.45) is 5.73 Å². The molecule has 0 aliphatic carbocycles. The first-order valence-corrected chi connectivity index (χ1v) is 7.44. The number of aryl methyl sites for hydroxylation is 1. The third kappa shape index (κ3) is 2.87. The van der Waals surface area contributed by atoms with Crippen LogP contribution in [-0.2, 0) is 9.53 Å². The van der Waals surface area contributed by atoms with Crippen molar-refractivity contribution in [1.82, 2.24) is 0 Å². The van der Waals surface area contributed by atoms with Gasteiger partial charge in [0.2, 0.25) is 0 Å². The van der Waals surface area contributed by atoms with E-state index in [-0.39, 0.29) is 16.7 Å². The molecular formula is C18H14N2O5. The number of carbonyl (C=O) groups excluding carboxylic acids is 4. The summed E-state index contributed by atoms with van der Waals surface area (Å²) in [6.45, 7) is 1.24. The highest BCUT2D eigenvalue weighted by Gasteiger charge is 2.37. The lowest BCUT2D eigenvalue weighted by molar-refractivity contribution is -0.121. The Balaban J connectivity index is 1.95. The number of hydrogen-bond donors (Lipinski definition) is 1. The maximum Gasteiger partial charge on any atom is 0.338 e. The highest BCUT2D eigenvalue weighted by molar-refractivity contribution is 6.34. The number of ether oxygens (including phenoxy) is 1. The average molecular weight is 338 g/mol. The summed E-state index contributed by atoms with van der Waals surface area (Å²) in [5.41, 5.74) is 6.58. The van der Waals surface area contributed by atoms with Crippen LogP contribution in [0.15, 0.2) is 42.5 Å². The van der Waals surface area contributed by atoms with Crippen LogP contribution < -0.4 is 10.6 Å². The van der Waals surface area contributed by atoms with Gasteiger partial charge in [-0.1, -0.05) is 18.2 Å². The molecule has 0 spiro atoms. The summed E-state index contributed by atoms with van der Waals surface area (Å²) in [4.78, 5) is 48.9. The molecule has 0 radical (unpaired) electrons. The van der Waals surface area contributed by atoms with Gasteiger partial charge in [-0.2, -0.15) is 0 Å². The molecule has 0 bridgehead atoms. The number of carbonyl (C=O) groups is 4. The molecule has 0 atom stereocenters. The van der Waals surface area contributed by atoms with E-state index in [1.165, 1.54) is 18.2 Å². The van der Waals surface area contributed by atoms with Crippen molar-refractivity contribution in [3.63, 3.8) is 0 Å². The second kappa shape index (κ2) is 6.20. The van der Waals surface area contributed by atoms with Gasteiger partial charge in [0.25, 0.3) is 17.7 Å². The molecule has 0 saturated carbocycles. The molecule has 7 nitrogen and oxygen atoms in total. The van der Waals surface area contributed by atoms with Crippen LogP contribution in [0.5, 0.6) is 0 Å². The van der Waals surface area contributed by atoms with Gasteiger partial charge in [-0.25, -0.2) is 9.69 Å². The Kier molecular flexibility index (Phi) is 4.06. The summed E-state index contributed by atoms with van der Waals surface area (Å²) in [5, 5.41) is 0. The zero-order valence-electron chi connectivity index (χ0n) is 13.3. The predicted molar refractivity (Wildman–Crippen MR) is 88.2 cm³/mol. The fourth-order valence-electron chi connectivity index (χ4n) is 2.62. The van der Waals surface area contributed by atoms with E-state index in [0.29, 0.717) is 5.69 Å². The van der Waals surface area contributed by atoms with Crippen LogP contribution in [0.2, 0.25) is 0 Å². The van der Waals surface area contributed by atoms with E-state index in [1.807, 2.05) is 6.07 Å². The molecule has 25 heavy (non-hydrogen) atoms. The maximum absolute atomic E-state index is 12.7. The number of esters is 1. The molecule has 1 aliphatic heterocycles. The number of hydrogen-bond acceptors (Lipinski definition) is 5. The lowest BCUT2D eigenvalue weighted by Gasteiger charge is -2.16. The fourth-order valence-corrected chi connectivity index (χ4v) is 2.62. The second-order valence-corrected chi connectivity index (χ2v) is 5.54. The van der Waals surface area contributed by atoms with Crippen LogP contribution in [0.1, 0.15) is 36.6 Å². The monoisotopic (exact) mass is 338 g/mol. The molecule has 0 fully saturated rings. The molecule has 0 saturated heterocycles. The molecule has 2 aromatic carbocycles. The van der Waals surface area contributed by atoms with Crippen molar-refractivity contribution >= 4 is 29.4 Å². The molecule has 7 heteroatoms. The minimum Gasteiger partial charge on any atom is -0.452 e. The third-order valence-electron chi connectivity index (χ3n) is 3.82. The number of anilines is 1. The first-order valence-electron chi connectivity index (χ1n) is 7.44. The minimum atomic E-state index is -0.795. The Morgan fingerprint density at radius 1 is 1.04 bits per heavy atom. The number of benzene rings is 2. The molecule has 0 unspecified atom stereocenters. The fraction of sp³-hybridized carbons (Fsp3) is 0.111. The molecule has 1 heterocycles. The van der Waals surface area contributed by atoms with Crippen LogP contribution in [0.4, 0.5) is 5.69 Å². The predicted octanol–water partition coefficient (Wildman–Crippen LogP) is 1.44. The number of rotatable bonds is 4. The smallest absolute Gasteiger partial charge is 0.338 e. The Bertz CT molecular complexity index is 919. The summed E-state index contributed by atoms with van der Waals surface area (Å²) in [6, 6.07) is 11.1. The Hall–Kier alpha value is -3.48. The van der Waals surface area contributed by atoms with E-state index in [2.05, 4.69) is 0 Å². The lowest BCUT2D eigenvalue weighted by Crippen LogP contribution is -2.29. The van der Waals surface area contributed by atoms with Crippen molar-refractivity contribution in [3.8, 4) is 0 Å². The third-order valence-corrected chi connectivity index (χ3v) is 3.82. The standard InChI is InChI=1S/C18H14N2O5/c1-10-4-2-3-5-14(10)20-16(22)12-7-6-11(8-13(12)17(20)23)18(24)25-9-15(19)21/h2-8H,9H2,1H3,(H2,19,21). The molecule has 3 amide bonds. The van der Waals surface area contributed by atoms with E-state index in [0.717, 1.165) is 10.5 Å². The van der Waals surface area contributed by atoms with Gasteiger partial charge in [0.15, 0.2) is 6.61 Å². The van der Waals surface area contributed by atoms with Gasteiger partial charge in [0.05, 0.1) is 22.4 Å². The van der Waals surface area contributed by atoms with Crippen molar-refractivity contribution < 1.29 is 23.9 Å². The zero-order chi connectivity index (χ0) is 18.1. The Morgan fingerprint density at radius 3 is 2.40 bits per heavy atom. The van der Waals surface area contributed by atoms with E-state index in [4.69, 9.17) is 10.5 Å². The van der Waals surface area contributed by atoms with Crippen LogP contribution in [-0.4, -0.2) is 30.3 Å². The van der Waals surface area contributed by atoms with E-state index >= 15 is 0 Å². The molecule has 0 aromatic heterocycles. The van der Waals surface area contributed by atoms with Crippen molar-refractivity contribution in [2.75, 3.05) is 11.5 Å². The quantitative estimate of drug-likeness (QED) is 0.670. The van der Waals surface area contributed by atoms with Crippen molar-refractivity contribution in [3.05, 3.63) is 64.7 Å². The van der Waals surface area contributed by atoms with E-state index in [9.17, 15) is 19.2 Å². The summed E-state index contributed by atoms with van der Waals surface area (Å²) in [6.07, 6.45) is 0. The van der Waals surface area contributed by atoms with Gasteiger partial charge in [0, 0.05) is 0 Å². The largest absolute Gasteiger partial charge is 0.452 e. The second-order valence-electron chi connectivity index (χ2n) is 5.54. The van der Waals surface area contributed by atoms with Crippen LogP contribution in [0.25, 0.3) is 0 Å². The van der Waals surface area contributed by atoms with Crippen molar-refractivity contribution in [2.45, 2.75) is 6.92 Å². The highest BCUT2D eigenvalue weighted by Crippen LogP contribution is 2.31. The molecule has 2 aromatic rings. The first kappa shape index (κ1) is 16.4. The molecule has 1 aliphatic rings. The summed E-state index contributed by atoms with van der Waals surface area (Å²) >= 11 is 0. The molecular weight excluding hydrogens is 324 g/mol. The first-order chi connectivity index (χ1) is 11.9. The van der Waals surface area contributed by atoms with Crippen molar-refractivity contribution in [1.29, 1.82) is 0 Å². The minimum absolute atomic E-state index is 0.0628. The normalized spacial score (nSPS) is 12.9. The Labute approximate surface area is 143 Å².